The first kappa shape index (κ1) is 21.1. The number of nitrogens with one attached hydrogen (secondary N) is 1. The molecule has 0 aliphatic heterocycles. The summed E-state index contributed by atoms with van der Waals surface area (Å²) in [5.41, 5.74) is 4.42. The van der Waals surface area contributed by atoms with Crippen LogP contribution in [0.2, 0.25) is 0 Å². The predicted molar refractivity (Wildman–Crippen MR) is 116 cm³/mol. The highest BCUT2D eigenvalue weighted by atomic mass is 32.1. The molecule has 3 aromatic heterocycles. The van der Waals surface area contributed by atoms with Gasteiger partial charge in [-0.05, 0) is 59.3 Å². The van der Waals surface area contributed by atoms with Crippen LogP contribution in [0, 0.1) is 27.7 Å². The normalized spacial score (nSPS) is 12.4. The fourth-order valence-electron chi connectivity index (χ4n) is 3.38. The van der Waals surface area contributed by atoms with Gasteiger partial charge < -0.3 is 10.2 Å². The topological polar surface area (TPSA) is 75.9 Å². The molecule has 0 aromatic carbocycles. The van der Waals surface area contributed by atoms with Gasteiger partial charge in [-0.25, -0.2) is 14.6 Å². The number of thiophene rings is 1. The second-order valence-corrected chi connectivity index (χ2v) is 8.47. The summed E-state index contributed by atoms with van der Waals surface area (Å²) in [7, 11) is 4.05. The quantitative estimate of drug-likeness (QED) is 0.646. The first-order valence-corrected chi connectivity index (χ1v) is 10.5. The van der Waals surface area contributed by atoms with E-state index in [2.05, 4.69) is 36.7 Å². The lowest BCUT2D eigenvalue weighted by Crippen LogP contribution is -2.35. The first-order chi connectivity index (χ1) is 13.8. The Morgan fingerprint density at radius 1 is 1.21 bits per heavy atom. The van der Waals surface area contributed by atoms with Crippen molar-refractivity contribution in [1.82, 2.24) is 30.0 Å². The zero-order valence-corrected chi connectivity index (χ0v) is 18.7. The molecule has 3 rings (SSSR count). The molecule has 8 heteroatoms. The summed E-state index contributed by atoms with van der Waals surface area (Å²) in [4.78, 5) is 25.0. The average molecular weight is 413 g/mol. The minimum Gasteiger partial charge on any atom is -0.354 e. The molecule has 0 aliphatic carbocycles. The fraction of sp³-hybridized carbons (Fsp3) is 0.429. The molecule has 3 heterocycles. The highest BCUT2D eigenvalue weighted by Crippen LogP contribution is 2.22. The minimum atomic E-state index is -0.0134. The van der Waals surface area contributed by atoms with Crippen LogP contribution in [0.1, 0.15) is 39.3 Å². The van der Waals surface area contributed by atoms with E-state index in [1.807, 2.05) is 53.9 Å². The largest absolute Gasteiger partial charge is 0.354 e. The summed E-state index contributed by atoms with van der Waals surface area (Å²) in [5, 5.41) is 9.72. The van der Waals surface area contributed by atoms with Gasteiger partial charge >= 0.3 is 0 Å². The predicted octanol–water partition coefficient (Wildman–Crippen LogP) is 2.92. The SMILES string of the molecule is Cc1cc(C)nc(-n2nc(C)c(CC(=O)NCC(c3cccs3)N(C)C)c2C)n1. The summed E-state index contributed by atoms with van der Waals surface area (Å²) in [6.45, 7) is 8.32. The molecule has 0 bridgehead atoms. The number of aromatic nitrogens is 4. The maximum absolute atomic E-state index is 12.7. The Hall–Kier alpha value is -2.58. The van der Waals surface area contributed by atoms with E-state index in [9.17, 15) is 4.79 Å². The van der Waals surface area contributed by atoms with E-state index in [-0.39, 0.29) is 18.4 Å². The van der Waals surface area contributed by atoms with Gasteiger partial charge in [-0.15, -0.1) is 11.3 Å². The van der Waals surface area contributed by atoms with E-state index in [1.165, 1.54) is 4.88 Å². The van der Waals surface area contributed by atoms with Crippen molar-refractivity contribution in [1.29, 1.82) is 0 Å². The van der Waals surface area contributed by atoms with Crippen LogP contribution in [-0.2, 0) is 11.2 Å². The number of carbonyl (C=O) groups is 1. The Kier molecular flexibility index (Phi) is 6.44. The van der Waals surface area contributed by atoms with Crippen molar-refractivity contribution in [2.45, 2.75) is 40.2 Å². The van der Waals surface area contributed by atoms with Crippen molar-refractivity contribution < 1.29 is 4.79 Å². The van der Waals surface area contributed by atoms with Gasteiger partial charge in [-0.1, -0.05) is 6.07 Å². The number of nitrogens with zero attached hydrogens (tertiary/aromatic N) is 5. The number of amides is 1. The fourth-order valence-corrected chi connectivity index (χ4v) is 4.30. The van der Waals surface area contributed by atoms with E-state index in [4.69, 9.17) is 0 Å². The van der Waals surface area contributed by atoms with Gasteiger partial charge in [0.15, 0.2) is 0 Å². The zero-order valence-electron chi connectivity index (χ0n) is 17.9. The number of hydrogen-bond acceptors (Lipinski definition) is 6. The zero-order chi connectivity index (χ0) is 21.1. The van der Waals surface area contributed by atoms with Crippen LogP contribution in [-0.4, -0.2) is 51.2 Å². The number of carbonyl (C=O) groups excluding carboxylic acids is 1. The Morgan fingerprint density at radius 3 is 2.48 bits per heavy atom. The molecular formula is C21H28N6OS. The van der Waals surface area contributed by atoms with Gasteiger partial charge in [0.25, 0.3) is 5.95 Å². The van der Waals surface area contributed by atoms with Crippen LogP contribution in [0.3, 0.4) is 0 Å². The molecule has 1 amide bonds. The average Bonchev–Trinajstić information content (AvgIpc) is 3.25. The molecular weight excluding hydrogens is 384 g/mol. The molecule has 0 fully saturated rings. The van der Waals surface area contributed by atoms with Crippen molar-refractivity contribution in [2.24, 2.45) is 0 Å². The highest BCUT2D eigenvalue weighted by Gasteiger charge is 2.20. The van der Waals surface area contributed by atoms with Crippen LogP contribution >= 0.6 is 11.3 Å². The highest BCUT2D eigenvalue weighted by molar-refractivity contribution is 7.10. The van der Waals surface area contributed by atoms with Crippen LogP contribution < -0.4 is 5.32 Å². The summed E-state index contributed by atoms with van der Waals surface area (Å²) in [6, 6.07) is 6.23. The second kappa shape index (κ2) is 8.84. The lowest BCUT2D eigenvalue weighted by atomic mass is 10.1. The molecule has 1 atom stereocenters. The lowest BCUT2D eigenvalue weighted by molar-refractivity contribution is -0.120. The number of hydrogen-bond donors (Lipinski definition) is 1. The summed E-state index contributed by atoms with van der Waals surface area (Å²) >= 11 is 1.70. The third-order valence-electron chi connectivity index (χ3n) is 4.93. The van der Waals surface area contributed by atoms with E-state index in [1.54, 1.807) is 16.0 Å². The van der Waals surface area contributed by atoms with Gasteiger partial charge in [-0.2, -0.15) is 5.10 Å². The van der Waals surface area contributed by atoms with Crippen molar-refractivity contribution >= 4 is 17.2 Å². The number of likely N-dealkylation sites (N-methyl/N-ethyl adjacent to an activating group) is 1. The molecule has 1 unspecified atom stereocenters. The van der Waals surface area contributed by atoms with Crippen LogP contribution in [0.4, 0.5) is 0 Å². The monoisotopic (exact) mass is 412 g/mol. The van der Waals surface area contributed by atoms with Crippen molar-refractivity contribution in [2.75, 3.05) is 20.6 Å². The van der Waals surface area contributed by atoms with Crippen molar-refractivity contribution in [3.8, 4) is 5.95 Å². The first-order valence-electron chi connectivity index (χ1n) is 9.60. The molecule has 1 N–H and O–H groups in total. The van der Waals surface area contributed by atoms with Gasteiger partial charge in [0.1, 0.15) is 0 Å². The van der Waals surface area contributed by atoms with Crippen molar-refractivity contribution in [3.63, 3.8) is 0 Å². The van der Waals surface area contributed by atoms with E-state index < -0.39 is 0 Å². The van der Waals surface area contributed by atoms with Gasteiger partial charge in [0, 0.05) is 34.1 Å². The van der Waals surface area contributed by atoms with Crippen LogP contribution in [0.5, 0.6) is 0 Å². The molecule has 0 aliphatic rings. The van der Waals surface area contributed by atoms with Crippen LogP contribution in [0.15, 0.2) is 23.6 Å². The molecule has 7 nitrogen and oxygen atoms in total. The summed E-state index contributed by atoms with van der Waals surface area (Å²) < 4.78 is 1.73. The Morgan fingerprint density at radius 2 is 1.90 bits per heavy atom. The Balaban J connectivity index is 1.73. The van der Waals surface area contributed by atoms with E-state index in [0.717, 1.165) is 28.3 Å². The molecule has 0 saturated carbocycles. The third-order valence-corrected chi connectivity index (χ3v) is 5.90. The standard InChI is InChI=1S/C21H28N6OS/c1-13-10-14(2)24-21(23-13)27-16(4)17(15(3)25-27)11-20(28)22-12-18(26(5)6)19-8-7-9-29-19/h7-10,18H,11-12H2,1-6H3,(H,22,28). The summed E-state index contributed by atoms with van der Waals surface area (Å²) in [6.07, 6.45) is 0.285. The number of aryl methyl sites for hydroxylation is 3. The van der Waals surface area contributed by atoms with Gasteiger partial charge in [-0.3, -0.25) is 4.79 Å². The molecule has 0 saturated heterocycles. The minimum absolute atomic E-state index is 0.0134. The Bertz CT molecular complexity index is 973. The van der Waals surface area contributed by atoms with Crippen LogP contribution in [0.25, 0.3) is 5.95 Å². The Labute approximate surface area is 175 Å². The van der Waals surface area contributed by atoms with Gasteiger partial charge in [0.05, 0.1) is 18.2 Å². The molecule has 0 radical (unpaired) electrons. The maximum atomic E-state index is 12.7. The molecule has 29 heavy (non-hydrogen) atoms. The smallest absolute Gasteiger partial charge is 0.251 e. The number of rotatable bonds is 7. The lowest BCUT2D eigenvalue weighted by Gasteiger charge is -2.23. The van der Waals surface area contributed by atoms with Crippen molar-refractivity contribution in [3.05, 3.63) is 56.8 Å². The third kappa shape index (κ3) is 4.89. The second-order valence-electron chi connectivity index (χ2n) is 7.49. The van der Waals surface area contributed by atoms with E-state index in [0.29, 0.717) is 12.5 Å². The van der Waals surface area contributed by atoms with Gasteiger partial charge in [0.2, 0.25) is 5.91 Å². The molecule has 0 spiro atoms. The maximum Gasteiger partial charge on any atom is 0.251 e. The molecule has 3 aromatic rings. The van der Waals surface area contributed by atoms with E-state index >= 15 is 0 Å². The molecule has 154 valence electrons. The summed E-state index contributed by atoms with van der Waals surface area (Å²) in [5.74, 6) is 0.528.